The summed E-state index contributed by atoms with van der Waals surface area (Å²) >= 11 is 0. The second kappa shape index (κ2) is 8.12. The van der Waals surface area contributed by atoms with Gasteiger partial charge in [0.2, 0.25) is 0 Å². The lowest BCUT2D eigenvalue weighted by Gasteiger charge is -2.45. The minimum Gasteiger partial charge on any atom is -0.501 e. The SMILES string of the molecule is COC1=Cc2ccc3c(c2CC1)CC[C@]1(C)[C@@H]3CC[C@H]1[C@H](C)CC[C@H](C)C(C)C. The Bertz CT molecular complexity index is 773. The predicted octanol–water partition coefficient (Wildman–Crippen LogP) is 7.77. The molecule has 160 valence electrons. The summed E-state index contributed by atoms with van der Waals surface area (Å²) in [4.78, 5) is 0. The Labute approximate surface area is 179 Å². The second-order valence-corrected chi connectivity index (χ2v) is 11.0. The van der Waals surface area contributed by atoms with Crippen molar-refractivity contribution in [1.29, 1.82) is 0 Å². The molecule has 0 saturated heterocycles. The number of hydrogen-bond donors (Lipinski definition) is 0. The maximum Gasteiger partial charge on any atom is 0.0964 e. The first-order valence-corrected chi connectivity index (χ1v) is 12.2. The van der Waals surface area contributed by atoms with Gasteiger partial charge in [0.15, 0.2) is 0 Å². The first kappa shape index (κ1) is 21.0. The summed E-state index contributed by atoms with van der Waals surface area (Å²) in [6.07, 6.45) is 12.8. The molecule has 0 aliphatic heterocycles. The molecule has 0 radical (unpaired) electrons. The van der Waals surface area contributed by atoms with E-state index in [0.29, 0.717) is 5.41 Å². The van der Waals surface area contributed by atoms with E-state index in [-0.39, 0.29) is 0 Å². The van der Waals surface area contributed by atoms with Crippen LogP contribution in [-0.2, 0) is 17.6 Å². The standard InChI is InChI=1S/C28H42O/c1-18(2)19(3)7-8-20(4)26-13-14-27-25-11-9-21-17-22(29-6)10-12-23(21)24(25)15-16-28(26,27)5/h9,11,17-20,26-27H,7-8,10,12-16H2,1-6H3/t19-,20+,26-,27+,28-/m0/s1. The summed E-state index contributed by atoms with van der Waals surface area (Å²) in [5, 5.41) is 0. The van der Waals surface area contributed by atoms with Gasteiger partial charge in [0.1, 0.15) is 0 Å². The van der Waals surface area contributed by atoms with Crippen LogP contribution < -0.4 is 0 Å². The van der Waals surface area contributed by atoms with Gasteiger partial charge in [-0.15, -0.1) is 0 Å². The zero-order valence-electron chi connectivity index (χ0n) is 19.7. The third kappa shape index (κ3) is 3.68. The Hall–Kier alpha value is -1.24. The summed E-state index contributed by atoms with van der Waals surface area (Å²) in [6, 6.07) is 4.87. The smallest absolute Gasteiger partial charge is 0.0964 e. The van der Waals surface area contributed by atoms with Crippen LogP contribution >= 0.6 is 0 Å². The number of rotatable bonds is 6. The minimum absolute atomic E-state index is 0.504. The average molecular weight is 395 g/mol. The number of fused-ring (bicyclic) bond motifs is 5. The Morgan fingerprint density at radius 3 is 2.52 bits per heavy atom. The lowest BCUT2D eigenvalue weighted by Crippen LogP contribution is -2.35. The highest BCUT2D eigenvalue weighted by atomic mass is 16.5. The topological polar surface area (TPSA) is 9.23 Å². The van der Waals surface area contributed by atoms with Crippen molar-refractivity contribution in [3.63, 3.8) is 0 Å². The Balaban J connectivity index is 1.55. The van der Waals surface area contributed by atoms with Gasteiger partial charge >= 0.3 is 0 Å². The fourth-order valence-corrected chi connectivity index (χ4v) is 6.96. The number of methoxy groups -OCH3 is 1. The van der Waals surface area contributed by atoms with Gasteiger partial charge in [-0.1, -0.05) is 59.6 Å². The zero-order valence-corrected chi connectivity index (χ0v) is 19.7. The van der Waals surface area contributed by atoms with Gasteiger partial charge in [0.25, 0.3) is 0 Å². The molecule has 0 heterocycles. The van der Waals surface area contributed by atoms with Gasteiger partial charge < -0.3 is 4.74 Å². The van der Waals surface area contributed by atoms with Gasteiger partial charge in [-0.25, -0.2) is 0 Å². The van der Waals surface area contributed by atoms with Crippen LogP contribution in [0.15, 0.2) is 17.9 Å². The van der Waals surface area contributed by atoms with Crippen LogP contribution in [-0.4, -0.2) is 7.11 Å². The van der Waals surface area contributed by atoms with E-state index in [4.69, 9.17) is 4.74 Å². The van der Waals surface area contributed by atoms with Crippen molar-refractivity contribution >= 4 is 6.08 Å². The van der Waals surface area contributed by atoms with Crippen molar-refractivity contribution in [2.24, 2.45) is 29.1 Å². The Kier molecular flexibility index (Phi) is 5.88. The molecule has 1 aromatic carbocycles. The van der Waals surface area contributed by atoms with E-state index < -0.39 is 0 Å². The maximum atomic E-state index is 5.53. The minimum atomic E-state index is 0.504. The van der Waals surface area contributed by atoms with Gasteiger partial charge in [-0.05, 0) is 95.4 Å². The van der Waals surface area contributed by atoms with Crippen molar-refractivity contribution in [2.75, 3.05) is 7.11 Å². The molecule has 1 heteroatoms. The molecular weight excluding hydrogens is 352 g/mol. The van der Waals surface area contributed by atoms with E-state index in [2.05, 4.69) is 52.8 Å². The first-order chi connectivity index (χ1) is 13.8. The molecule has 1 saturated carbocycles. The summed E-state index contributed by atoms with van der Waals surface area (Å²) < 4.78 is 5.53. The normalized spacial score (nSPS) is 30.2. The van der Waals surface area contributed by atoms with Crippen LogP contribution in [0.4, 0.5) is 0 Å². The number of allylic oxidation sites excluding steroid dienone is 1. The number of hydrogen-bond acceptors (Lipinski definition) is 1. The highest BCUT2D eigenvalue weighted by Crippen LogP contribution is 2.61. The van der Waals surface area contributed by atoms with Gasteiger partial charge in [0, 0.05) is 6.42 Å². The molecular formula is C28H42O. The summed E-state index contributed by atoms with van der Waals surface area (Å²) in [5.74, 6) is 5.34. The molecule has 0 unspecified atom stereocenters. The van der Waals surface area contributed by atoms with E-state index >= 15 is 0 Å². The molecule has 4 rings (SSSR count). The van der Waals surface area contributed by atoms with E-state index in [1.165, 1.54) is 44.1 Å². The third-order valence-electron chi connectivity index (χ3n) is 9.30. The lowest BCUT2D eigenvalue weighted by atomic mass is 9.60. The molecule has 0 N–H and O–H groups in total. The van der Waals surface area contributed by atoms with Crippen molar-refractivity contribution < 1.29 is 4.74 Å². The van der Waals surface area contributed by atoms with Gasteiger partial charge in [0.05, 0.1) is 12.9 Å². The average Bonchev–Trinajstić information content (AvgIpc) is 3.08. The molecule has 1 nitrogen and oxygen atoms in total. The fraction of sp³-hybridized carbons (Fsp3) is 0.714. The zero-order chi connectivity index (χ0) is 20.8. The first-order valence-electron chi connectivity index (χ1n) is 12.2. The van der Waals surface area contributed by atoms with Crippen LogP contribution in [0.3, 0.4) is 0 Å². The molecule has 5 atom stereocenters. The summed E-state index contributed by atoms with van der Waals surface area (Å²) in [6.45, 7) is 12.4. The van der Waals surface area contributed by atoms with E-state index in [9.17, 15) is 0 Å². The van der Waals surface area contributed by atoms with Crippen LogP contribution in [0.25, 0.3) is 6.08 Å². The number of ether oxygens (including phenoxy) is 1. The fourth-order valence-electron chi connectivity index (χ4n) is 6.96. The quantitative estimate of drug-likeness (QED) is 0.479. The Morgan fingerprint density at radius 2 is 1.79 bits per heavy atom. The van der Waals surface area contributed by atoms with Gasteiger partial charge in [-0.3, -0.25) is 0 Å². The van der Waals surface area contributed by atoms with Crippen molar-refractivity contribution in [3.05, 3.63) is 40.1 Å². The predicted molar refractivity (Wildman–Crippen MR) is 124 cm³/mol. The second-order valence-electron chi connectivity index (χ2n) is 11.0. The highest BCUT2D eigenvalue weighted by molar-refractivity contribution is 5.62. The van der Waals surface area contributed by atoms with Crippen LogP contribution in [0, 0.1) is 29.1 Å². The largest absolute Gasteiger partial charge is 0.501 e. The van der Waals surface area contributed by atoms with Crippen LogP contribution in [0.2, 0.25) is 0 Å². The van der Waals surface area contributed by atoms with Crippen LogP contribution in [0.1, 0.15) is 101 Å². The summed E-state index contributed by atoms with van der Waals surface area (Å²) in [7, 11) is 1.81. The maximum absolute atomic E-state index is 5.53. The monoisotopic (exact) mass is 394 g/mol. The molecule has 0 spiro atoms. The molecule has 3 aliphatic carbocycles. The molecule has 0 amide bonds. The van der Waals surface area contributed by atoms with E-state index in [1.807, 2.05) is 7.11 Å². The molecule has 1 aromatic rings. The Morgan fingerprint density at radius 1 is 1.00 bits per heavy atom. The third-order valence-corrected chi connectivity index (χ3v) is 9.30. The summed E-state index contributed by atoms with van der Waals surface area (Å²) in [5.41, 5.74) is 6.97. The van der Waals surface area contributed by atoms with Gasteiger partial charge in [-0.2, -0.15) is 0 Å². The van der Waals surface area contributed by atoms with E-state index in [0.717, 1.165) is 48.2 Å². The van der Waals surface area contributed by atoms with Crippen molar-refractivity contribution in [2.45, 2.75) is 91.9 Å². The molecule has 29 heavy (non-hydrogen) atoms. The van der Waals surface area contributed by atoms with Crippen molar-refractivity contribution in [3.8, 4) is 0 Å². The molecule has 1 fully saturated rings. The molecule has 3 aliphatic rings. The molecule has 0 aromatic heterocycles. The highest BCUT2D eigenvalue weighted by Gasteiger charge is 2.51. The lowest BCUT2D eigenvalue weighted by molar-refractivity contribution is 0.115. The number of benzene rings is 1. The molecule has 0 bridgehead atoms. The van der Waals surface area contributed by atoms with Crippen LogP contribution in [0.5, 0.6) is 0 Å². The van der Waals surface area contributed by atoms with E-state index in [1.54, 1.807) is 16.7 Å². The van der Waals surface area contributed by atoms with Crippen molar-refractivity contribution in [1.82, 2.24) is 0 Å².